The third-order valence-corrected chi connectivity index (χ3v) is 2.89. The number of hydrogen-bond acceptors (Lipinski definition) is 2. The Labute approximate surface area is 119 Å². The third-order valence-electron chi connectivity index (χ3n) is 2.89. The molecule has 0 saturated heterocycles. The van der Waals surface area contributed by atoms with Crippen LogP contribution in [0.15, 0.2) is 30.3 Å². The molecule has 1 amide bonds. The summed E-state index contributed by atoms with van der Waals surface area (Å²) in [7, 11) is 0. The lowest BCUT2D eigenvalue weighted by molar-refractivity contribution is 0.0914. The zero-order valence-corrected chi connectivity index (χ0v) is 12.7. The van der Waals surface area contributed by atoms with Gasteiger partial charge in [0.05, 0.1) is 5.69 Å². The summed E-state index contributed by atoms with van der Waals surface area (Å²) in [6, 6.07) is 9.87. The van der Waals surface area contributed by atoms with Gasteiger partial charge in [0.15, 0.2) is 5.69 Å². The van der Waals surface area contributed by atoms with Crippen LogP contribution in [0.5, 0.6) is 0 Å². The molecule has 0 unspecified atom stereocenters. The summed E-state index contributed by atoms with van der Waals surface area (Å²) in [5.74, 6) is -0.147. The first kappa shape index (κ1) is 14.3. The van der Waals surface area contributed by atoms with Gasteiger partial charge in [0.2, 0.25) is 0 Å². The highest BCUT2D eigenvalue weighted by Gasteiger charge is 2.18. The van der Waals surface area contributed by atoms with Crippen LogP contribution in [0.2, 0.25) is 0 Å². The molecule has 106 valence electrons. The number of aromatic nitrogens is 2. The lowest BCUT2D eigenvalue weighted by Gasteiger charge is -2.19. The number of amides is 1. The van der Waals surface area contributed by atoms with Gasteiger partial charge in [0.25, 0.3) is 5.91 Å². The van der Waals surface area contributed by atoms with Gasteiger partial charge < -0.3 is 5.32 Å². The van der Waals surface area contributed by atoms with Crippen LogP contribution in [0.3, 0.4) is 0 Å². The van der Waals surface area contributed by atoms with E-state index in [2.05, 4.69) is 10.4 Å². The van der Waals surface area contributed by atoms with E-state index in [1.807, 2.05) is 58.9 Å². The molecule has 2 rings (SSSR count). The van der Waals surface area contributed by atoms with E-state index in [-0.39, 0.29) is 11.4 Å². The predicted octanol–water partition coefficient (Wildman–Crippen LogP) is 3.02. The molecule has 0 atom stereocenters. The van der Waals surface area contributed by atoms with Crippen LogP contribution in [-0.2, 0) is 0 Å². The Morgan fingerprint density at radius 3 is 2.30 bits per heavy atom. The maximum atomic E-state index is 12.1. The third kappa shape index (κ3) is 3.26. The molecule has 0 bridgehead atoms. The van der Waals surface area contributed by atoms with Crippen molar-refractivity contribution in [3.05, 3.63) is 47.3 Å². The molecule has 0 radical (unpaired) electrons. The Hall–Kier alpha value is -2.10. The highest BCUT2D eigenvalue weighted by atomic mass is 16.2. The van der Waals surface area contributed by atoms with Crippen molar-refractivity contribution in [1.29, 1.82) is 0 Å². The maximum Gasteiger partial charge on any atom is 0.272 e. The fourth-order valence-corrected chi connectivity index (χ4v) is 1.94. The van der Waals surface area contributed by atoms with E-state index >= 15 is 0 Å². The molecule has 0 spiro atoms. The lowest BCUT2D eigenvalue weighted by atomic mass is 10.1. The summed E-state index contributed by atoms with van der Waals surface area (Å²) in [5, 5.41) is 7.32. The normalized spacial score (nSPS) is 11.4. The minimum atomic E-state index is -0.265. The molecule has 1 aromatic heterocycles. The molecule has 2 aromatic rings. The Bertz CT molecular complexity index is 618. The SMILES string of the molecule is Cc1ccc(-n2nc(C(=O)NC(C)(C)C)cc2C)cc1. The minimum absolute atomic E-state index is 0.147. The second kappa shape index (κ2) is 5.12. The number of hydrogen-bond donors (Lipinski definition) is 1. The van der Waals surface area contributed by atoms with Crippen LogP contribution < -0.4 is 5.32 Å². The first-order valence-corrected chi connectivity index (χ1v) is 6.72. The fourth-order valence-electron chi connectivity index (χ4n) is 1.94. The average molecular weight is 271 g/mol. The van der Waals surface area contributed by atoms with Crippen LogP contribution in [0, 0.1) is 13.8 Å². The summed E-state index contributed by atoms with van der Waals surface area (Å²) in [6.07, 6.45) is 0. The van der Waals surface area contributed by atoms with Gasteiger partial charge in [0, 0.05) is 11.2 Å². The molecule has 0 aliphatic heterocycles. The molecule has 1 aromatic carbocycles. The molecular formula is C16H21N3O. The highest BCUT2D eigenvalue weighted by Crippen LogP contribution is 2.13. The van der Waals surface area contributed by atoms with Crippen LogP contribution in [0.25, 0.3) is 5.69 Å². The molecule has 4 heteroatoms. The topological polar surface area (TPSA) is 46.9 Å². The van der Waals surface area contributed by atoms with Crippen molar-refractivity contribution in [3.8, 4) is 5.69 Å². The van der Waals surface area contributed by atoms with Crippen molar-refractivity contribution >= 4 is 5.91 Å². The Kier molecular flexibility index (Phi) is 3.66. The van der Waals surface area contributed by atoms with Gasteiger partial charge in [0.1, 0.15) is 0 Å². The lowest BCUT2D eigenvalue weighted by Crippen LogP contribution is -2.40. The van der Waals surface area contributed by atoms with Gasteiger partial charge in [-0.2, -0.15) is 5.10 Å². The van der Waals surface area contributed by atoms with Crippen molar-refractivity contribution in [3.63, 3.8) is 0 Å². The van der Waals surface area contributed by atoms with Gasteiger partial charge in [-0.3, -0.25) is 4.79 Å². The van der Waals surface area contributed by atoms with Crippen molar-refractivity contribution < 1.29 is 4.79 Å². The number of nitrogens with one attached hydrogen (secondary N) is 1. The van der Waals surface area contributed by atoms with Gasteiger partial charge in [-0.1, -0.05) is 17.7 Å². The first-order valence-electron chi connectivity index (χ1n) is 6.72. The van der Waals surface area contributed by atoms with Crippen LogP contribution in [0.4, 0.5) is 0 Å². The second-order valence-electron chi connectivity index (χ2n) is 6.12. The second-order valence-corrected chi connectivity index (χ2v) is 6.12. The number of rotatable bonds is 2. The summed E-state index contributed by atoms with van der Waals surface area (Å²) < 4.78 is 1.79. The van der Waals surface area contributed by atoms with Crippen LogP contribution >= 0.6 is 0 Å². The summed E-state index contributed by atoms with van der Waals surface area (Å²) in [6.45, 7) is 9.85. The zero-order valence-electron chi connectivity index (χ0n) is 12.7. The number of benzene rings is 1. The largest absolute Gasteiger partial charge is 0.346 e. The maximum absolute atomic E-state index is 12.1. The molecule has 1 heterocycles. The zero-order chi connectivity index (χ0) is 14.9. The van der Waals surface area contributed by atoms with Crippen molar-refractivity contribution in [2.45, 2.75) is 40.2 Å². The number of nitrogens with zero attached hydrogens (tertiary/aromatic N) is 2. The molecule has 0 fully saturated rings. The summed E-state index contributed by atoms with van der Waals surface area (Å²) in [4.78, 5) is 12.1. The Morgan fingerprint density at radius 2 is 1.75 bits per heavy atom. The Morgan fingerprint density at radius 1 is 1.15 bits per heavy atom. The predicted molar refractivity (Wildman–Crippen MR) is 80.3 cm³/mol. The van der Waals surface area contributed by atoms with E-state index in [0.717, 1.165) is 11.4 Å². The molecule has 1 N–H and O–H groups in total. The van der Waals surface area contributed by atoms with E-state index in [4.69, 9.17) is 0 Å². The molecule has 4 nitrogen and oxygen atoms in total. The molecule has 0 saturated carbocycles. The molecule has 0 aliphatic rings. The monoisotopic (exact) mass is 271 g/mol. The van der Waals surface area contributed by atoms with E-state index in [0.29, 0.717) is 5.69 Å². The quantitative estimate of drug-likeness (QED) is 0.912. The van der Waals surface area contributed by atoms with Gasteiger partial charge in [-0.15, -0.1) is 0 Å². The van der Waals surface area contributed by atoms with E-state index in [1.165, 1.54) is 5.56 Å². The van der Waals surface area contributed by atoms with E-state index in [1.54, 1.807) is 10.7 Å². The van der Waals surface area contributed by atoms with E-state index in [9.17, 15) is 4.79 Å². The number of carbonyl (C=O) groups is 1. The van der Waals surface area contributed by atoms with Gasteiger partial charge >= 0.3 is 0 Å². The summed E-state index contributed by atoms with van der Waals surface area (Å²) in [5.41, 5.74) is 3.27. The Balaban J connectivity index is 2.30. The summed E-state index contributed by atoms with van der Waals surface area (Å²) >= 11 is 0. The molecule has 0 aliphatic carbocycles. The number of carbonyl (C=O) groups excluding carboxylic acids is 1. The van der Waals surface area contributed by atoms with Crippen molar-refractivity contribution in [2.75, 3.05) is 0 Å². The average Bonchev–Trinajstić information content (AvgIpc) is 2.70. The highest BCUT2D eigenvalue weighted by molar-refractivity contribution is 5.92. The van der Waals surface area contributed by atoms with Crippen LogP contribution in [-0.4, -0.2) is 21.2 Å². The first-order chi connectivity index (χ1) is 9.26. The van der Waals surface area contributed by atoms with Gasteiger partial charge in [-0.25, -0.2) is 4.68 Å². The van der Waals surface area contributed by atoms with Crippen molar-refractivity contribution in [2.24, 2.45) is 0 Å². The van der Waals surface area contributed by atoms with Gasteiger partial charge in [-0.05, 0) is 52.8 Å². The molecule has 20 heavy (non-hydrogen) atoms. The standard InChI is InChI=1S/C16H21N3O/c1-11-6-8-13(9-7-11)19-12(2)10-14(18-19)15(20)17-16(3,4)5/h6-10H,1-5H3,(H,17,20). The van der Waals surface area contributed by atoms with E-state index < -0.39 is 0 Å². The number of aryl methyl sites for hydroxylation is 2. The van der Waals surface area contributed by atoms with Crippen molar-refractivity contribution in [1.82, 2.24) is 15.1 Å². The molecular weight excluding hydrogens is 250 g/mol. The van der Waals surface area contributed by atoms with Crippen LogP contribution in [0.1, 0.15) is 42.5 Å². The smallest absolute Gasteiger partial charge is 0.272 e. The fraction of sp³-hybridized carbons (Fsp3) is 0.375. The minimum Gasteiger partial charge on any atom is -0.346 e.